The SMILES string of the molecule is N#Cc1ccc2c(c1)c1c3ccc4ccc(-c5ccc(N(c6ccccc6)c6ccccc6)cc5)c5ccc(cc1n2-c1ccccc1)c3c45. The molecular weight excluding hydrogens is 607 g/mol. The molecule has 3 heteroatoms. The average molecular weight is 636 g/mol. The summed E-state index contributed by atoms with van der Waals surface area (Å²) in [5, 5.41) is 19.6. The van der Waals surface area contributed by atoms with Crippen LogP contribution in [0.2, 0.25) is 0 Å². The third-order valence-electron chi connectivity index (χ3n) is 10.1. The summed E-state index contributed by atoms with van der Waals surface area (Å²) in [7, 11) is 0. The molecule has 1 aromatic heterocycles. The zero-order chi connectivity index (χ0) is 33.2. The molecule has 0 amide bonds. The molecule has 1 heterocycles. The summed E-state index contributed by atoms with van der Waals surface area (Å²) >= 11 is 0. The maximum atomic E-state index is 9.87. The fourth-order valence-corrected chi connectivity index (χ4v) is 7.95. The number of nitrogens with zero attached hydrogens (tertiary/aromatic N) is 3. The van der Waals surface area contributed by atoms with E-state index in [2.05, 4.69) is 185 Å². The van der Waals surface area contributed by atoms with Crippen LogP contribution in [0.3, 0.4) is 0 Å². The van der Waals surface area contributed by atoms with E-state index in [4.69, 9.17) is 0 Å². The van der Waals surface area contributed by atoms with Gasteiger partial charge in [-0.1, -0.05) is 103 Å². The van der Waals surface area contributed by atoms with Gasteiger partial charge in [-0.25, -0.2) is 0 Å². The van der Waals surface area contributed by atoms with Crippen LogP contribution in [-0.4, -0.2) is 4.57 Å². The lowest BCUT2D eigenvalue weighted by atomic mass is 9.88. The quantitative estimate of drug-likeness (QED) is 0.176. The second-order valence-electron chi connectivity index (χ2n) is 12.9. The fourth-order valence-electron chi connectivity index (χ4n) is 7.95. The van der Waals surface area contributed by atoms with Crippen molar-refractivity contribution in [1.82, 2.24) is 4.57 Å². The summed E-state index contributed by atoms with van der Waals surface area (Å²) < 4.78 is 2.33. The Morgan fingerprint density at radius 2 is 1.04 bits per heavy atom. The van der Waals surface area contributed by atoms with E-state index in [0.717, 1.165) is 39.2 Å². The fraction of sp³-hybridized carbons (Fsp3) is 0. The van der Waals surface area contributed by atoms with Gasteiger partial charge in [-0.15, -0.1) is 0 Å². The van der Waals surface area contributed by atoms with E-state index in [0.29, 0.717) is 5.56 Å². The van der Waals surface area contributed by atoms with Crippen LogP contribution in [0.25, 0.3) is 70.9 Å². The first-order chi connectivity index (χ1) is 24.8. The molecule has 0 aliphatic heterocycles. The zero-order valence-electron chi connectivity index (χ0n) is 27.1. The van der Waals surface area contributed by atoms with Gasteiger partial charge in [0.15, 0.2) is 0 Å². The number of hydrogen-bond acceptors (Lipinski definition) is 2. The number of fused-ring (bicyclic) bond motifs is 4. The lowest BCUT2D eigenvalue weighted by Gasteiger charge is -2.25. The number of nitriles is 1. The normalized spacial score (nSPS) is 11.6. The molecule has 0 atom stereocenters. The van der Waals surface area contributed by atoms with Crippen molar-refractivity contribution in [2.75, 3.05) is 4.90 Å². The monoisotopic (exact) mass is 635 g/mol. The van der Waals surface area contributed by atoms with Gasteiger partial charge < -0.3 is 9.47 Å². The van der Waals surface area contributed by atoms with Crippen LogP contribution >= 0.6 is 0 Å². The summed E-state index contributed by atoms with van der Waals surface area (Å²) in [5.74, 6) is 0. The molecule has 0 spiro atoms. The molecule has 50 heavy (non-hydrogen) atoms. The minimum absolute atomic E-state index is 0.666. The number of anilines is 3. The van der Waals surface area contributed by atoms with Crippen LogP contribution in [0.1, 0.15) is 5.56 Å². The highest BCUT2D eigenvalue weighted by molar-refractivity contribution is 6.34. The maximum Gasteiger partial charge on any atom is 0.0991 e. The van der Waals surface area contributed by atoms with Crippen LogP contribution in [-0.2, 0) is 0 Å². The van der Waals surface area contributed by atoms with Crippen molar-refractivity contribution in [2.24, 2.45) is 0 Å². The highest BCUT2D eigenvalue weighted by atomic mass is 15.1. The molecule has 0 N–H and O–H groups in total. The summed E-state index contributed by atoms with van der Waals surface area (Å²) in [4.78, 5) is 2.29. The molecule has 0 saturated heterocycles. The van der Waals surface area contributed by atoms with E-state index in [1.54, 1.807) is 0 Å². The van der Waals surface area contributed by atoms with Gasteiger partial charge in [0.05, 0.1) is 22.7 Å². The van der Waals surface area contributed by atoms with Crippen molar-refractivity contribution in [1.29, 1.82) is 5.26 Å². The predicted molar refractivity (Wildman–Crippen MR) is 209 cm³/mol. The van der Waals surface area contributed by atoms with Crippen molar-refractivity contribution in [2.45, 2.75) is 0 Å². The van der Waals surface area contributed by atoms with Gasteiger partial charge in [0.25, 0.3) is 0 Å². The van der Waals surface area contributed by atoms with Gasteiger partial charge in [0.2, 0.25) is 0 Å². The topological polar surface area (TPSA) is 32.0 Å². The number of para-hydroxylation sites is 3. The minimum atomic E-state index is 0.666. The minimum Gasteiger partial charge on any atom is -0.311 e. The van der Waals surface area contributed by atoms with Crippen LogP contribution in [0.4, 0.5) is 17.1 Å². The van der Waals surface area contributed by atoms with Crippen molar-refractivity contribution < 1.29 is 0 Å². The zero-order valence-corrected chi connectivity index (χ0v) is 27.1. The van der Waals surface area contributed by atoms with Gasteiger partial charge >= 0.3 is 0 Å². The number of hydrogen-bond donors (Lipinski definition) is 0. The third kappa shape index (κ3) is 4.23. The Morgan fingerprint density at radius 1 is 0.440 bits per heavy atom. The van der Waals surface area contributed by atoms with Crippen molar-refractivity contribution in [3.05, 3.63) is 181 Å². The van der Waals surface area contributed by atoms with Gasteiger partial charge in [-0.05, 0) is 116 Å². The smallest absolute Gasteiger partial charge is 0.0991 e. The molecule has 10 rings (SSSR count). The first-order valence-electron chi connectivity index (χ1n) is 16.9. The van der Waals surface area contributed by atoms with Crippen LogP contribution < -0.4 is 4.90 Å². The highest BCUT2D eigenvalue weighted by Gasteiger charge is 2.20. The standard InChI is InChI=1S/C47H29N3/c48-30-31-16-27-43-42(28-31)47-41-26-20-33-19-24-39(40-25-21-34(46(41)45(33)40)29-44(47)50(43)37-14-8-3-9-15-37)32-17-22-38(23-18-32)49(35-10-4-1-5-11-35)36-12-6-2-7-13-36/h1-29H. The second kappa shape index (κ2) is 11.1. The molecule has 0 bridgehead atoms. The third-order valence-corrected chi connectivity index (χ3v) is 10.1. The largest absolute Gasteiger partial charge is 0.311 e. The Morgan fingerprint density at radius 3 is 1.74 bits per heavy atom. The highest BCUT2D eigenvalue weighted by Crippen LogP contribution is 2.45. The number of aromatic nitrogens is 1. The Balaban J connectivity index is 1.19. The molecule has 0 unspecified atom stereocenters. The second-order valence-corrected chi connectivity index (χ2v) is 12.9. The summed E-state index contributed by atoms with van der Waals surface area (Å²) in [5.41, 5.74) is 9.75. The summed E-state index contributed by atoms with van der Waals surface area (Å²) in [6, 6.07) is 64.9. The lowest BCUT2D eigenvalue weighted by Crippen LogP contribution is -2.09. The predicted octanol–water partition coefficient (Wildman–Crippen LogP) is 12.7. The van der Waals surface area contributed by atoms with E-state index in [1.807, 2.05) is 6.07 Å². The van der Waals surface area contributed by atoms with Crippen molar-refractivity contribution in [3.63, 3.8) is 0 Å². The van der Waals surface area contributed by atoms with Crippen LogP contribution in [0, 0.1) is 11.3 Å². The molecule has 0 aliphatic rings. The molecule has 0 fully saturated rings. The van der Waals surface area contributed by atoms with E-state index in [9.17, 15) is 5.26 Å². The van der Waals surface area contributed by atoms with Crippen LogP contribution in [0.15, 0.2) is 176 Å². The van der Waals surface area contributed by atoms with Crippen LogP contribution in [0.5, 0.6) is 0 Å². The molecule has 232 valence electrons. The van der Waals surface area contributed by atoms with Crippen molar-refractivity contribution in [3.8, 4) is 22.9 Å². The van der Waals surface area contributed by atoms with Crippen molar-refractivity contribution >= 4 is 71.2 Å². The summed E-state index contributed by atoms with van der Waals surface area (Å²) in [6.45, 7) is 0. The molecular formula is C47H29N3. The first kappa shape index (κ1) is 28.2. The molecule has 10 aromatic rings. The van der Waals surface area contributed by atoms with Gasteiger partial charge in [0, 0.05) is 33.5 Å². The molecule has 0 saturated carbocycles. The van der Waals surface area contributed by atoms with E-state index in [1.165, 1.54) is 48.8 Å². The molecule has 0 aliphatic carbocycles. The van der Waals surface area contributed by atoms with Gasteiger partial charge in [-0.3, -0.25) is 0 Å². The lowest BCUT2D eigenvalue weighted by molar-refractivity contribution is 1.18. The van der Waals surface area contributed by atoms with E-state index in [-0.39, 0.29) is 0 Å². The molecule has 3 nitrogen and oxygen atoms in total. The Bertz CT molecular complexity index is 2860. The number of rotatable bonds is 5. The average Bonchev–Trinajstić information content (AvgIpc) is 3.51. The molecule has 0 radical (unpaired) electrons. The van der Waals surface area contributed by atoms with Gasteiger partial charge in [0.1, 0.15) is 0 Å². The van der Waals surface area contributed by atoms with E-state index < -0.39 is 0 Å². The van der Waals surface area contributed by atoms with Gasteiger partial charge in [-0.2, -0.15) is 5.26 Å². The number of benzene rings is 9. The summed E-state index contributed by atoms with van der Waals surface area (Å²) in [6.07, 6.45) is 0. The Labute approximate surface area is 289 Å². The van der Waals surface area contributed by atoms with E-state index >= 15 is 0 Å². The molecule has 9 aromatic carbocycles. The Kier molecular flexibility index (Phi) is 6.24. The maximum absolute atomic E-state index is 9.87. The first-order valence-corrected chi connectivity index (χ1v) is 16.9. The Hall–Kier alpha value is -6.89.